The van der Waals surface area contributed by atoms with E-state index in [1.54, 1.807) is 36.4 Å². The Labute approximate surface area is 200 Å². The fourth-order valence-electron chi connectivity index (χ4n) is 3.61. The quantitative estimate of drug-likeness (QED) is 0.328. The second kappa shape index (κ2) is 8.77. The molecule has 4 aromatic carbocycles. The molecule has 9 heteroatoms. The Morgan fingerprint density at radius 3 is 2.44 bits per heavy atom. The number of anilines is 2. The Hall–Kier alpha value is -3.95. The third kappa shape index (κ3) is 4.18. The first kappa shape index (κ1) is 21.9. The number of carbonyl (C=O) groups is 1. The first-order valence-electron chi connectivity index (χ1n) is 10.3. The number of nitrogens with zero attached hydrogens (tertiary/aromatic N) is 1. The molecule has 0 radical (unpaired) electrons. The van der Waals surface area contributed by atoms with Crippen LogP contribution in [0.1, 0.15) is 10.4 Å². The van der Waals surface area contributed by atoms with Crippen molar-refractivity contribution in [3.05, 3.63) is 90.5 Å². The molecule has 0 atom stereocenters. The summed E-state index contributed by atoms with van der Waals surface area (Å²) in [5.74, 6) is 0.0822. The first-order chi connectivity index (χ1) is 16.4. The van der Waals surface area contributed by atoms with Crippen LogP contribution in [0.4, 0.5) is 10.8 Å². The molecule has 34 heavy (non-hydrogen) atoms. The molecule has 2 N–H and O–H groups in total. The molecule has 1 amide bonds. The molecule has 170 valence electrons. The van der Waals surface area contributed by atoms with Crippen LogP contribution < -0.4 is 14.8 Å². The van der Waals surface area contributed by atoms with E-state index in [9.17, 15) is 13.2 Å². The molecule has 1 aromatic heterocycles. The maximum atomic E-state index is 13.1. The Morgan fingerprint density at radius 1 is 0.912 bits per heavy atom. The molecule has 0 spiro atoms. The van der Waals surface area contributed by atoms with Crippen LogP contribution in [0.2, 0.25) is 0 Å². The van der Waals surface area contributed by atoms with Crippen LogP contribution in [0.15, 0.2) is 89.8 Å². The van der Waals surface area contributed by atoms with Crippen molar-refractivity contribution in [2.45, 2.75) is 4.90 Å². The monoisotopic (exact) mass is 489 g/mol. The average Bonchev–Trinajstić information content (AvgIpc) is 3.27. The fourth-order valence-corrected chi connectivity index (χ4v) is 5.57. The number of nitrogens with one attached hydrogen (secondary N) is 2. The number of carbonyl (C=O) groups excluding carboxylic acids is 1. The molecular weight excluding hydrogens is 470 g/mol. The van der Waals surface area contributed by atoms with Crippen molar-refractivity contribution in [1.29, 1.82) is 0 Å². The number of aromatic nitrogens is 1. The maximum absolute atomic E-state index is 13.1. The van der Waals surface area contributed by atoms with Crippen LogP contribution in [-0.2, 0) is 10.0 Å². The van der Waals surface area contributed by atoms with Crippen LogP contribution in [0.25, 0.3) is 21.0 Å². The van der Waals surface area contributed by atoms with Gasteiger partial charge in [-0.2, -0.15) is 0 Å². The van der Waals surface area contributed by atoms with Gasteiger partial charge in [-0.25, -0.2) is 13.4 Å². The topological polar surface area (TPSA) is 97.4 Å². The minimum atomic E-state index is -3.91. The van der Waals surface area contributed by atoms with Crippen LogP contribution in [0, 0.1) is 0 Å². The zero-order valence-electron chi connectivity index (χ0n) is 18.0. The molecule has 0 bridgehead atoms. The van der Waals surface area contributed by atoms with Crippen molar-refractivity contribution in [3.63, 3.8) is 0 Å². The summed E-state index contributed by atoms with van der Waals surface area (Å²) in [7, 11) is -2.41. The van der Waals surface area contributed by atoms with Gasteiger partial charge >= 0.3 is 0 Å². The van der Waals surface area contributed by atoms with Gasteiger partial charge in [-0.05, 0) is 47.9 Å². The summed E-state index contributed by atoms with van der Waals surface area (Å²) in [6.07, 6.45) is 0. The third-order valence-electron chi connectivity index (χ3n) is 5.29. The van der Waals surface area contributed by atoms with Crippen LogP contribution in [0.5, 0.6) is 5.75 Å². The van der Waals surface area contributed by atoms with E-state index in [1.807, 2.05) is 36.4 Å². The van der Waals surface area contributed by atoms with E-state index < -0.39 is 15.9 Å². The number of ether oxygens (including phenoxy) is 1. The predicted molar refractivity (Wildman–Crippen MR) is 135 cm³/mol. The molecule has 7 nitrogen and oxygen atoms in total. The van der Waals surface area contributed by atoms with E-state index in [1.165, 1.54) is 30.6 Å². The molecule has 0 aliphatic carbocycles. The second-order valence-electron chi connectivity index (χ2n) is 7.43. The van der Waals surface area contributed by atoms with Gasteiger partial charge < -0.3 is 4.74 Å². The largest absolute Gasteiger partial charge is 0.497 e. The number of amides is 1. The smallest absolute Gasteiger partial charge is 0.261 e. The highest BCUT2D eigenvalue weighted by Gasteiger charge is 2.20. The first-order valence-corrected chi connectivity index (χ1v) is 12.6. The van der Waals surface area contributed by atoms with Gasteiger partial charge in [0.15, 0.2) is 5.13 Å². The van der Waals surface area contributed by atoms with E-state index >= 15 is 0 Å². The number of fused-ring (bicyclic) bond motifs is 3. The number of hydrogen-bond donors (Lipinski definition) is 2. The number of thiazole rings is 1. The van der Waals surface area contributed by atoms with Crippen molar-refractivity contribution in [1.82, 2.24) is 4.98 Å². The zero-order chi connectivity index (χ0) is 23.7. The highest BCUT2D eigenvalue weighted by Crippen LogP contribution is 2.32. The van der Waals surface area contributed by atoms with Crippen molar-refractivity contribution in [3.8, 4) is 5.75 Å². The molecule has 0 unspecified atom stereocenters. The van der Waals surface area contributed by atoms with Crippen molar-refractivity contribution >= 4 is 59.1 Å². The summed E-state index contributed by atoms with van der Waals surface area (Å²) < 4.78 is 34.3. The SMILES string of the molecule is COc1ccc(S(=O)(=O)Nc2ccccc2C(=O)Nc2nc3c(ccc4ccccc43)s2)cc1. The number of methoxy groups -OCH3 is 1. The predicted octanol–water partition coefficient (Wildman–Crippen LogP) is 5.51. The average molecular weight is 490 g/mol. The Balaban J connectivity index is 1.42. The molecule has 5 aromatic rings. The van der Waals surface area contributed by atoms with E-state index in [0.717, 1.165) is 21.0 Å². The van der Waals surface area contributed by atoms with Gasteiger partial charge in [0, 0.05) is 5.39 Å². The summed E-state index contributed by atoms with van der Waals surface area (Å²) in [5, 5.41) is 5.32. The fraction of sp³-hybridized carbons (Fsp3) is 0.0400. The number of para-hydroxylation sites is 1. The van der Waals surface area contributed by atoms with Gasteiger partial charge in [0.25, 0.3) is 15.9 Å². The lowest BCUT2D eigenvalue weighted by atomic mass is 10.1. The summed E-state index contributed by atoms with van der Waals surface area (Å²) in [5.41, 5.74) is 1.16. The Bertz CT molecular complexity index is 1630. The van der Waals surface area contributed by atoms with Crippen molar-refractivity contribution < 1.29 is 17.9 Å². The Kier molecular flexibility index (Phi) is 5.64. The van der Waals surface area contributed by atoms with Gasteiger partial charge in [-0.3, -0.25) is 14.8 Å². The number of hydrogen-bond acceptors (Lipinski definition) is 6. The summed E-state index contributed by atoms with van der Waals surface area (Å²) in [4.78, 5) is 17.8. The number of sulfonamides is 1. The normalized spacial score (nSPS) is 11.4. The van der Waals surface area contributed by atoms with E-state index in [4.69, 9.17) is 4.74 Å². The van der Waals surface area contributed by atoms with Crippen LogP contribution >= 0.6 is 11.3 Å². The Morgan fingerprint density at radius 2 is 1.65 bits per heavy atom. The number of rotatable bonds is 6. The van der Waals surface area contributed by atoms with Gasteiger partial charge in [0.05, 0.1) is 33.5 Å². The third-order valence-corrected chi connectivity index (χ3v) is 7.61. The lowest BCUT2D eigenvalue weighted by Crippen LogP contribution is -2.18. The number of benzene rings is 4. The molecular formula is C25H19N3O4S2. The van der Waals surface area contributed by atoms with E-state index in [-0.39, 0.29) is 16.1 Å². The summed E-state index contributed by atoms with van der Waals surface area (Å²) >= 11 is 1.36. The standard InChI is InChI=1S/C25H19N3O4S2/c1-32-17-11-13-18(14-12-17)34(30,31)28-21-9-5-4-8-20(21)24(29)27-25-26-23-19-7-3-2-6-16(19)10-15-22(23)33-25/h2-15,28H,1H3,(H,26,27,29). The second-order valence-corrected chi connectivity index (χ2v) is 10.1. The maximum Gasteiger partial charge on any atom is 0.261 e. The van der Waals surface area contributed by atoms with Gasteiger partial charge in [0.2, 0.25) is 0 Å². The lowest BCUT2D eigenvalue weighted by molar-refractivity contribution is 0.102. The minimum absolute atomic E-state index is 0.0570. The molecule has 0 saturated carbocycles. The highest BCUT2D eigenvalue weighted by atomic mass is 32.2. The van der Waals surface area contributed by atoms with Crippen molar-refractivity contribution in [2.75, 3.05) is 17.1 Å². The van der Waals surface area contributed by atoms with Crippen LogP contribution in [0.3, 0.4) is 0 Å². The van der Waals surface area contributed by atoms with Crippen molar-refractivity contribution in [2.24, 2.45) is 0 Å². The molecule has 1 heterocycles. The van der Waals surface area contributed by atoms with Gasteiger partial charge in [-0.15, -0.1) is 0 Å². The minimum Gasteiger partial charge on any atom is -0.497 e. The van der Waals surface area contributed by atoms with E-state index in [0.29, 0.717) is 10.9 Å². The van der Waals surface area contributed by atoms with Gasteiger partial charge in [0.1, 0.15) is 5.75 Å². The molecule has 0 aliphatic heterocycles. The highest BCUT2D eigenvalue weighted by molar-refractivity contribution is 7.92. The molecule has 0 aliphatic rings. The lowest BCUT2D eigenvalue weighted by Gasteiger charge is -2.12. The molecule has 0 fully saturated rings. The van der Waals surface area contributed by atoms with Crippen LogP contribution in [-0.4, -0.2) is 26.4 Å². The summed E-state index contributed by atoms with van der Waals surface area (Å²) in [6.45, 7) is 0. The van der Waals surface area contributed by atoms with Gasteiger partial charge in [-0.1, -0.05) is 53.8 Å². The zero-order valence-corrected chi connectivity index (χ0v) is 19.6. The molecule has 0 saturated heterocycles. The summed E-state index contributed by atoms with van der Waals surface area (Å²) in [6, 6.07) is 24.3. The van der Waals surface area contributed by atoms with E-state index in [2.05, 4.69) is 15.0 Å². The molecule has 5 rings (SSSR count).